The van der Waals surface area contributed by atoms with Crippen LogP contribution in [0.3, 0.4) is 0 Å². The molecular weight excluding hydrogens is 523 g/mol. The number of aliphatic hydroxyl groups excluding tert-OH is 1. The monoisotopic (exact) mass is 559 g/mol. The number of carbonyl (C=O) groups is 1. The first-order valence-electron chi connectivity index (χ1n) is 13.8. The molecular formula is C30H36F3N3O4. The fourth-order valence-electron chi connectivity index (χ4n) is 6.20. The Hall–Kier alpha value is -3.24. The number of nitrogens with one attached hydrogen (secondary N) is 1. The third-order valence-corrected chi connectivity index (χ3v) is 8.31. The highest BCUT2D eigenvalue weighted by molar-refractivity contribution is 5.92. The standard InChI is InChI=1S/C30H36F3N3O4/c1-39-26-8-6-21(15-27(26)40-2)29-24(16-30(31,32)33)23-14-20(5-7-25(23)34-29)19-9-12-35(13-10-19)17-28(38)36-11-3-4-22(36)18-37/h5-8,14-15,19,22,34,37H,3-4,9-13,16-18H2,1-2H3. The summed E-state index contributed by atoms with van der Waals surface area (Å²) in [4.78, 5) is 20.0. The molecule has 40 heavy (non-hydrogen) atoms. The van der Waals surface area contributed by atoms with E-state index in [-0.39, 0.29) is 30.0 Å². The van der Waals surface area contributed by atoms with Crippen molar-refractivity contribution in [2.45, 2.75) is 50.2 Å². The van der Waals surface area contributed by atoms with Gasteiger partial charge in [-0.15, -0.1) is 0 Å². The molecule has 3 aromatic rings. The highest BCUT2D eigenvalue weighted by Crippen LogP contribution is 2.40. The fourth-order valence-corrected chi connectivity index (χ4v) is 6.20. The molecule has 2 aliphatic rings. The van der Waals surface area contributed by atoms with Gasteiger partial charge in [0.2, 0.25) is 5.91 Å². The maximum Gasteiger partial charge on any atom is 0.393 e. The highest BCUT2D eigenvalue weighted by atomic mass is 19.4. The second-order valence-electron chi connectivity index (χ2n) is 10.8. The minimum Gasteiger partial charge on any atom is -0.493 e. The first-order chi connectivity index (χ1) is 19.2. The van der Waals surface area contributed by atoms with Crippen LogP contribution in [0, 0.1) is 0 Å². The van der Waals surface area contributed by atoms with Gasteiger partial charge in [-0.1, -0.05) is 6.07 Å². The van der Waals surface area contributed by atoms with Crippen LogP contribution in [0.1, 0.15) is 42.7 Å². The number of likely N-dealkylation sites (tertiary alicyclic amines) is 2. The van der Waals surface area contributed by atoms with E-state index in [1.165, 1.54) is 14.2 Å². The Morgan fingerprint density at radius 2 is 1.77 bits per heavy atom. The van der Waals surface area contributed by atoms with Crippen LogP contribution in [0.5, 0.6) is 11.5 Å². The number of rotatable bonds is 8. The molecule has 5 rings (SSSR count). The topological polar surface area (TPSA) is 78.0 Å². The fraction of sp³-hybridized carbons (Fsp3) is 0.500. The second kappa shape index (κ2) is 11.7. The van der Waals surface area contributed by atoms with Crippen LogP contribution in [-0.2, 0) is 11.2 Å². The smallest absolute Gasteiger partial charge is 0.393 e. The van der Waals surface area contributed by atoms with Gasteiger partial charge in [0.05, 0.1) is 45.5 Å². The summed E-state index contributed by atoms with van der Waals surface area (Å²) in [6, 6.07) is 10.8. The zero-order valence-corrected chi connectivity index (χ0v) is 22.9. The van der Waals surface area contributed by atoms with Gasteiger partial charge in [0.15, 0.2) is 11.5 Å². The van der Waals surface area contributed by atoms with Crippen LogP contribution >= 0.6 is 0 Å². The number of methoxy groups -OCH3 is 2. The summed E-state index contributed by atoms with van der Waals surface area (Å²) in [5.74, 6) is 1.21. The number of nitrogens with zero attached hydrogens (tertiary/aromatic N) is 2. The molecule has 0 aliphatic carbocycles. The number of alkyl halides is 3. The van der Waals surface area contributed by atoms with Gasteiger partial charge in [-0.25, -0.2) is 0 Å². The summed E-state index contributed by atoms with van der Waals surface area (Å²) in [7, 11) is 3.01. The first kappa shape index (κ1) is 28.3. The normalized spacial score (nSPS) is 18.9. The molecule has 1 amide bonds. The molecule has 1 aromatic heterocycles. The number of aromatic amines is 1. The predicted octanol–water partition coefficient (Wildman–Crippen LogP) is 5.12. The molecule has 3 heterocycles. The molecule has 10 heteroatoms. The van der Waals surface area contributed by atoms with Crippen molar-refractivity contribution in [1.82, 2.24) is 14.8 Å². The van der Waals surface area contributed by atoms with Crippen molar-refractivity contribution in [3.8, 4) is 22.8 Å². The van der Waals surface area contributed by atoms with E-state index in [4.69, 9.17) is 9.47 Å². The second-order valence-corrected chi connectivity index (χ2v) is 10.8. The molecule has 2 saturated heterocycles. The number of piperidine rings is 1. The molecule has 0 spiro atoms. The van der Waals surface area contributed by atoms with Gasteiger partial charge in [0.25, 0.3) is 0 Å². The molecule has 2 aliphatic heterocycles. The molecule has 1 atom stereocenters. The van der Waals surface area contributed by atoms with E-state index >= 15 is 0 Å². The van der Waals surface area contributed by atoms with Crippen LogP contribution < -0.4 is 9.47 Å². The lowest BCUT2D eigenvalue weighted by Crippen LogP contribution is -2.45. The van der Waals surface area contributed by atoms with E-state index in [0.717, 1.165) is 44.3 Å². The van der Waals surface area contributed by atoms with E-state index in [1.807, 2.05) is 18.2 Å². The number of aromatic nitrogens is 1. The van der Waals surface area contributed by atoms with E-state index in [1.54, 1.807) is 23.1 Å². The number of ether oxygens (including phenoxy) is 2. The SMILES string of the molecule is COc1ccc(-c2[nH]c3ccc(C4CCN(CC(=O)N5CCCC5CO)CC4)cc3c2CC(F)(F)F)cc1OC. The minimum absolute atomic E-state index is 0.000499. The lowest BCUT2D eigenvalue weighted by atomic mass is 9.88. The van der Waals surface area contributed by atoms with Crippen LogP contribution in [0.4, 0.5) is 13.2 Å². The number of hydrogen-bond acceptors (Lipinski definition) is 5. The summed E-state index contributed by atoms with van der Waals surface area (Å²) < 4.78 is 52.0. The maximum absolute atomic E-state index is 13.8. The molecule has 2 N–H and O–H groups in total. The van der Waals surface area contributed by atoms with Crippen LogP contribution in [-0.4, -0.2) is 85.0 Å². The Labute approximate surface area is 231 Å². The van der Waals surface area contributed by atoms with E-state index < -0.39 is 12.6 Å². The number of benzene rings is 2. The summed E-state index contributed by atoms with van der Waals surface area (Å²) in [5.41, 5.74) is 2.89. The van der Waals surface area contributed by atoms with Gasteiger partial charge < -0.3 is 24.5 Å². The number of carbonyl (C=O) groups excluding carboxylic acids is 1. The van der Waals surface area contributed by atoms with Crippen molar-refractivity contribution in [1.29, 1.82) is 0 Å². The van der Waals surface area contributed by atoms with Gasteiger partial charge in [-0.05, 0) is 86.1 Å². The zero-order chi connectivity index (χ0) is 28.4. The van der Waals surface area contributed by atoms with Gasteiger partial charge >= 0.3 is 6.18 Å². The maximum atomic E-state index is 13.8. The van der Waals surface area contributed by atoms with E-state index in [9.17, 15) is 23.1 Å². The Morgan fingerprint density at radius 3 is 2.45 bits per heavy atom. The molecule has 216 valence electrons. The Morgan fingerprint density at radius 1 is 1.02 bits per heavy atom. The summed E-state index contributed by atoms with van der Waals surface area (Å²) in [5, 5.41) is 10.1. The first-order valence-corrected chi connectivity index (χ1v) is 13.8. The average Bonchev–Trinajstić information content (AvgIpc) is 3.57. The third-order valence-electron chi connectivity index (χ3n) is 8.31. The number of halogens is 3. The number of amides is 1. The molecule has 2 fully saturated rings. The van der Waals surface area contributed by atoms with Crippen molar-refractivity contribution >= 4 is 16.8 Å². The highest BCUT2D eigenvalue weighted by Gasteiger charge is 2.33. The Kier molecular flexibility index (Phi) is 8.28. The number of fused-ring (bicyclic) bond motifs is 1. The molecule has 1 unspecified atom stereocenters. The molecule has 2 aromatic carbocycles. The average molecular weight is 560 g/mol. The van der Waals surface area contributed by atoms with Gasteiger partial charge in [-0.3, -0.25) is 9.69 Å². The van der Waals surface area contributed by atoms with Crippen molar-refractivity contribution in [3.63, 3.8) is 0 Å². The van der Waals surface area contributed by atoms with Crippen LogP contribution in [0.2, 0.25) is 0 Å². The lowest BCUT2D eigenvalue weighted by Gasteiger charge is -2.33. The minimum atomic E-state index is -4.38. The largest absolute Gasteiger partial charge is 0.493 e. The van der Waals surface area contributed by atoms with Crippen molar-refractivity contribution in [2.24, 2.45) is 0 Å². The van der Waals surface area contributed by atoms with Crippen molar-refractivity contribution in [2.75, 3.05) is 47.0 Å². The Bertz CT molecular complexity index is 1350. The molecule has 0 bridgehead atoms. The van der Waals surface area contributed by atoms with Gasteiger partial charge in [-0.2, -0.15) is 13.2 Å². The van der Waals surface area contributed by atoms with Crippen LogP contribution in [0.15, 0.2) is 36.4 Å². The lowest BCUT2D eigenvalue weighted by molar-refractivity contribution is -0.134. The predicted molar refractivity (Wildman–Crippen MR) is 147 cm³/mol. The number of aliphatic hydroxyl groups is 1. The molecule has 0 saturated carbocycles. The zero-order valence-electron chi connectivity index (χ0n) is 22.9. The van der Waals surface area contributed by atoms with Crippen molar-refractivity contribution < 1.29 is 32.5 Å². The third kappa shape index (κ3) is 5.93. The summed E-state index contributed by atoms with van der Waals surface area (Å²) >= 11 is 0. The number of H-pyrrole nitrogens is 1. The van der Waals surface area contributed by atoms with E-state index in [2.05, 4.69) is 9.88 Å². The summed E-state index contributed by atoms with van der Waals surface area (Å²) in [6.07, 6.45) is -2.01. The molecule has 0 radical (unpaired) electrons. The molecule has 7 nitrogen and oxygen atoms in total. The Balaban J connectivity index is 1.36. The number of hydrogen-bond donors (Lipinski definition) is 2. The van der Waals surface area contributed by atoms with E-state index in [0.29, 0.717) is 46.7 Å². The van der Waals surface area contributed by atoms with Gasteiger partial charge in [0, 0.05) is 23.0 Å². The summed E-state index contributed by atoms with van der Waals surface area (Å²) in [6.45, 7) is 2.52. The van der Waals surface area contributed by atoms with Gasteiger partial charge in [0.1, 0.15) is 0 Å². The van der Waals surface area contributed by atoms with Crippen molar-refractivity contribution in [3.05, 3.63) is 47.5 Å². The quantitative estimate of drug-likeness (QED) is 0.401. The van der Waals surface area contributed by atoms with Crippen LogP contribution in [0.25, 0.3) is 22.2 Å².